The number of likely N-dealkylation sites (N-methyl/N-ethyl adjacent to an activating group) is 2. The first kappa shape index (κ1) is 21.8. The zero-order valence-electron chi connectivity index (χ0n) is 18.5. The molecular formula is C21H28FN9O. The predicted molar refractivity (Wildman–Crippen MR) is 121 cm³/mol. The average molecular weight is 442 g/mol. The maximum atomic E-state index is 14.1. The van der Waals surface area contributed by atoms with Crippen molar-refractivity contribution in [2.24, 2.45) is 0 Å². The lowest BCUT2D eigenvalue weighted by atomic mass is 10.2. The van der Waals surface area contributed by atoms with Crippen LogP contribution < -0.4 is 20.4 Å². The number of rotatable bonds is 9. The van der Waals surface area contributed by atoms with Crippen LogP contribution in [0.15, 0.2) is 36.9 Å². The van der Waals surface area contributed by atoms with E-state index >= 15 is 0 Å². The van der Waals surface area contributed by atoms with Crippen LogP contribution in [0, 0.1) is 5.82 Å². The van der Waals surface area contributed by atoms with Gasteiger partial charge in [0.2, 0.25) is 17.8 Å². The number of hydrogen-bond acceptors (Lipinski definition) is 9. The monoisotopic (exact) mass is 441 g/mol. The fraction of sp³-hybridized carbons (Fsp3) is 0.429. The van der Waals surface area contributed by atoms with E-state index in [9.17, 15) is 4.39 Å². The minimum absolute atomic E-state index is 0.172. The number of benzene rings is 1. The Balaban J connectivity index is 1.59. The van der Waals surface area contributed by atoms with Gasteiger partial charge in [-0.3, -0.25) is 10.3 Å². The molecule has 3 aromatic rings. The standard InChI is InChI=1S/C21H28FN9O/c1-4-30-10-5-6-16(30)13-29(2)21-26-19(24-15-7-8-18(32-3)17(22)12-15)25-20(27-21)28-31-11-9-23-14-31/h7-9,11-12,14,16H,4-6,10,13H2,1-3H3,(H2,24,25,26,27,28). The maximum Gasteiger partial charge on any atom is 0.248 e. The first-order valence-corrected chi connectivity index (χ1v) is 10.6. The van der Waals surface area contributed by atoms with Gasteiger partial charge in [-0.15, -0.1) is 0 Å². The smallest absolute Gasteiger partial charge is 0.248 e. The third-order valence-electron chi connectivity index (χ3n) is 5.50. The second-order valence-electron chi connectivity index (χ2n) is 7.64. The van der Waals surface area contributed by atoms with Crippen molar-refractivity contribution >= 4 is 23.5 Å². The van der Waals surface area contributed by atoms with Crippen molar-refractivity contribution in [1.29, 1.82) is 0 Å². The minimum Gasteiger partial charge on any atom is -0.494 e. The fourth-order valence-electron chi connectivity index (χ4n) is 3.87. The Bertz CT molecular complexity index is 1030. The van der Waals surface area contributed by atoms with E-state index in [4.69, 9.17) is 4.74 Å². The Kier molecular flexibility index (Phi) is 6.64. The summed E-state index contributed by atoms with van der Waals surface area (Å²) in [7, 11) is 3.40. The summed E-state index contributed by atoms with van der Waals surface area (Å²) in [6.45, 7) is 5.14. The van der Waals surface area contributed by atoms with Gasteiger partial charge in [0.25, 0.3) is 0 Å². The van der Waals surface area contributed by atoms with E-state index in [1.54, 1.807) is 35.5 Å². The summed E-state index contributed by atoms with van der Waals surface area (Å²) in [6, 6.07) is 5.05. The summed E-state index contributed by atoms with van der Waals surface area (Å²) in [5.41, 5.74) is 3.57. The van der Waals surface area contributed by atoms with Crippen LogP contribution in [0.5, 0.6) is 5.75 Å². The highest BCUT2D eigenvalue weighted by Gasteiger charge is 2.25. The summed E-state index contributed by atoms with van der Waals surface area (Å²) in [6.07, 6.45) is 7.36. The molecule has 1 aromatic carbocycles. The molecule has 0 aliphatic carbocycles. The normalized spacial score (nSPS) is 16.2. The molecule has 2 N–H and O–H groups in total. The van der Waals surface area contributed by atoms with Gasteiger partial charge in [-0.2, -0.15) is 15.0 Å². The average Bonchev–Trinajstić information content (AvgIpc) is 3.45. The largest absolute Gasteiger partial charge is 0.494 e. The number of aromatic nitrogens is 5. The Morgan fingerprint density at radius 3 is 2.81 bits per heavy atom. The van der Waals surface area contributed by atoms with Crippen molar-refractivity contribution in [2.45, 2.75) is 25.8 Å². The third-order valence-corrected chi connectivity index (χ3v) is 5.50. The van der Waals surface area contributed by atoms with E-state index in [0.29, 0.717) is 29.6 Å². The van der Waals surface area contributed by atoms with Crippen molar-refractivity contribution in [2.75, 3.05) is 49.4 Å². The lowest BCUT2D eigenvalue weighted by Gasteiger charge is -2.28. The summed E-state index contributed by atoms with van der Waals surface area (Å²) >= 11 is 0. The van der Waals surface area contributed by atoms with Crippen LogP contribution >= 0.6 is 0 Å². The molecule has 32 heavy (non-hydrogen) atoms. The molecule has 1 aliphatic rings. The first-order valence-electron chi connectivity index (χ1n) is 10.6. The molecular weight excluding hydrogens is 413 g/mol. The van der Waals surface area contributed by atoms with Crippen LogP contribution in [0.1, 0.15) is 19.8 Å². The molecule has 1 aliphatic heterocycles. The van der Waals surface area contributed by atoms with E-state index in [1.807, 2.05) is 11.9 Å². The van der Waals surface area contributed by atoms with E-state index < -0.39 is 5.82 Å². The zero-order valence-corrected chi connectivity index (χ0v) is 18.5. The number of nitrogens with zero attached hydrogens (tertiary/aromatic N) is 7. The molecule has 1 saturated heterocycles. The second kappa shape index (κ2) is 9.77. The van der Waals surface area contributed by atoms with Gasteiger partial charge >= 0.3 is 0 Å². The van der Waals surface area contributed by atoms with Gasteiger partial charge in [0.1, 0.15) is 6.33 Å². The lowest BCUT2D eigenvalue weighted by Crippen LogP contribution is -2.39. The van der Waals surface area contributed by atoms with E-state index in [-0.39, 0.29) is 5.75 Å². The summed E-state index contributed by atoms with van der Waals surface area (Å²) in [5.74, 6) is 0.859. The number of methoxy groups -OCH3 is 1. The van der Waals surface area contributed by atoms with Crippen molar-refractivity contribution in [1.82, 2.24) is 29.5 Å². The number of anilines is 4. The van der Waals surface area contributed by atoms with Crippen LogP contribution in [-0.4, -0.2) is 69.3 Å². The zero-order chi connectivity index (χ0) is 22.5. The number of imidazole rings is 1. The van der Waals surface area contributed by atoms with Gasteiger partial charge in [-0.1, -0.05) is 6.92 Å². The molecule has 0 bridgehead atoms. The molecule has 10 nitrogen and oxygen atoms in total. The Morgan fingerprint density at radius 1 is 1.25 bits per heavy atom. The van der Waals surface area contributed by atoms with Gasteiger partial charge in [-0.05, 0) is 38.1 Å². The topological polar surface area (TPSA) is 96.3 Å². The van der Waals surface area contributed by atoms with Crippen LogP contribution in [0.3, 0.4) is 0 Å². The first-order chi connectivity index (χ1) is 15.6. The van der Waals surface area contributed by atoms with Crippen molar-refractivity contribution in [3.05, 3.63) is 42.7 Å². The second-order valence-corrected chi connectivity index (χ2v) is 7.64. The molecule has 3 heterocycles. The van der Waals surface area contributed by atoms with Crippen LogP contribution in [-0.2, 0) is 0 Å². The highest BCUT2D eigenvalue weighted by atomic mass is 19.1. The van der Waals surface area contributed by atoms with Gasteiger partial charge in [-0.25, -0.2) is 14.1 Å². The molecule has 4 rings (SSSR count). The molecule has 1 unspecified atom stereocenters. The molecule has 1 atom stereocenters. The van der Waals surface area contributed by atoms with Crippen molar-refractivity contribution < 1.29 is 9.13 Å². The van der Waals surface area contributed by atoms with Gasteiger partial charge < -0.3 is 15.0 Å². The Hall–Kier alpha value is -3.47. The predicted octanol–water partition coefficient (Wildman–Crippen LogP) is 2.76. The van der Waals surface area contributed by atoms with Crippen molar-refractivity contribution in [3.63, 3.8) is 0 Å². The van der Waals surface area contributed by atoms with Crippen LogP contribution in [0.25, 0.3) is 0 Å². The van der Waals surface area contributed by atoms with E-state index in [1.165, 1.54) is 19.6 Å². The van der Waals surface area contributed by atoms with E-state index in [2.05, 4.69) is 42.5 Å². The molecule has 0 spiro atoms. The Labute approximate surface area is 186 Å². The fourth-order valence-corrected chi connectivity index (χ4v) is 3.87. The maximum absolute atomic E-state index is 14.1. The summed E-state index contributed by atoms with van der Waals surface area (Å²) in [5, 5.41) is 3.07. The molecule has 1 fully saturated rings. The molecule has 11 heteroatoms. The molecule has 0 saturated carbocycles. The highest BCUT2D eigenvalue weighted by Crippen LogP contribution is 2.24. The van der Waals surface area contributed by atoms with Gasteiger partial charge in [0.05, 0.1) is 7.11 Å². The Morgan fingerprint density at radius 2 is 2.09 bits per heavy atom. The number of nitrogens with one attached hydrogen (secondary N) is 2. The van der Waals surface area contributed by atoms with E-state index in [0.717, 1.165) is 26.1 Å². The molecule has 170 valence electrons. The SMILES string of the molecule is CCN1CCCC1CN(C)c1nc(Nc2ccc(OC)c(F)c2)nc(Nn2ccnc2)n1. The number of likely N-dealkylation sites (tertiary alicyclic amines) is 1. The number of hydrogen-bond donors (Lipinski definition) is 2. The number of halogens is 1. The molecule has 0 radical (unpaired) electrons. The van der Waals surface area contributed by atoms with Crippen LogP contribution in [0.4, 0.5) is 27.9 Å². The molecule has 0 amide bonds. The minimum atomic E-state index is -0.471. The quantitative estimate of drug-likeness (QED) is 0.519. The summed E-state index contributed by atoms with van der Waals surface area (Å²) < 4.78 is 20.8. The lowest BCUT2D eigenvalue weighted by molar-refractivity contribution is 0.270. The van der Waals surface area contributed by atoms with Gasteiger partial charge in [0.15, 0.2) is 11.6 Å². The van der Waals surface area contributed by atoms with Gasteiger partial charge in [0, 0.05) is 43.8 Å². The third kappa shape index (κ3) is 5.05. The van der Waals surface area contributed by atoms with Crippen molar-refractivity contribution in [3.8, 4) is 5.75 Å². The molecule has 2 aromatic heterocycles. The summed E-state index contributed by atoms with van der Waals surface area (Å²) in [4.78, 5) is 22.1. The highest BCUT2D eigenvalue weighted by molar-refractivity contribution is 5.57. The number of ether oxygens (including phenoxy) is 1. The van der Waals surface area contributed by atoms with Crippen LogP contribution in [0.2, 0.25) is 0 Å².